The predicted octanol–water partition coefficient (Wildman–Crippen LogP) is 4.88. The molecule has 4 rings (SSSR count). The van der Waals surface area contributed by atoms with E-state index in [0.29, 0.717) is 0 Å². The molecule has 0 spiro atoms. The lowest BCUT2D eigenvalue weighted by Crippen LogP contribution is -2.01. The van der Waals surface area contributed by atoms with E-state index in [-0.39, 0.29) is 0 Å². The number of hydrogen-bond acceptors (Lipinski definition) is 0. The second-order valence-electron chi connectivity index (χ2n) is 5.54. The molecule has 3 aliphatic rings. The van der Waals surface area contributed by atoms with Crippen molar-refractivity contribution in [3.05, 3.63) is 69.2 Å². The van der Waals surface area contributed by atoms with Crippen molar-refractivity contribution in [2.75, 3.05) is 0 Å². The first-order valence-corrected chi connectivity index (χ1v) is 7.56. The van der Waals surface area contributed by atoms with Gasteiger partial charge in [-0.1, -0.05) is 52.3 Å². The number of allylic oxidation sites excluding steroid dienone is 5. The molecular formula is C17H15Br. The van der Waals surface area contributed by atoms with Crippen molar-refractivity contribution in [3.63, 3.8) is 0 Å². The van der Waals surface area contributed by atoms with Crippen molar-refractivity contribution >= 4 is 15.9 Å². The zero-order valence-corrected chi connectivity index (χ0v) is 11.8. The quantitative estimate of drug-likeness (QED) is 0.640. The van der Waals surface area contributed by atoms with Gasteiger partial charge in [-0.05, 0) is 63.9 Å². The SMILES string of the molecule is BrC=C1C=C2Cc3ccccc3C3CC3C2=CC1. The molecule has 1 aromatic carbocycles. The van der Waals surface area contributed by atoms with Crippen LogP contribution in [0.4, 0.5) is 0 Å². The van der Waals surface area contributed by atoms with Crippen LogP contribution < -0.4 is 0 Å². The molecule has 0 aromatic heterocycles. The maximum absolute atomic E-state index is 3.47. The Bertz CT molecular complexity index is 604. The van der Waals surface area contributed by atoms with Gasteiger partial charge < -0.3 is 0 Å². The fraction of sp³-hybridized carbons (Fsp3) is 0.294. The smallest absolute Gasteiger partial charge is 0.00201 e. The van der Waals surface area contributed by atoms with Gasteiger partial charge in [0.1, 0.15) is 0 Å². The number of rotatable bonds is 0. The van der Waals surface area contributed by atoms with E-state index >= 15 is 0 Å². The van der Waals surface area contributed by atoms with Crippen LogP contribution in [-0.2, 0) is 6.42 Å². The first-order valence-electron chi connectivity index (χ1n) is 6.65. The summed E-state index contributed by atoms with van der Waals surface area (Å²) >= 11 is 3.47. The molecule has 1 heteroatoms. The lowest BCUT2D eigenvalue weighted by Gasteiger charge is -2.16. The Kier molecular flexibility index (Phi) is 2.38. The molecule has 2 unspecified atom stereocenters. The van der Waals surface area contributed by atoms with Crippen molar-refractivity contribution in [2.45, 2.75) is 25.2 Å². The highest BCUT2D eigenvalue weighted by atomic mass is 79.9. The average molecular weight is 299 g/mol. The fourth-order valence-corrected chi connectivity index (χ4v) is 3.81. The topological polar surface area (TPSA) is 0 Å². The zero-order chi connectivity index (χ0) is 12.1. The molecule has 0 N–H and O–H groups in total. The van der Waals surface area contributed by atoms with Gasteiger partial charge >= 0.3 is 0 Å². The summed E-state index contributed by atoms with van der Waals surface area (Å²) in [4.78, 5) is 2.06. The molecule has 0 heterocycles. The lowest BCUT2D eigenvalue weighted by molar-refractivity contribution is 0.938. The van der Waals surface area contributed by atoms with Gasteiger partial charge in [-0.25, -0.2) is 0 Å². The summed E-state index contributed by atoms with van der Waals surface area (Å²) < 4.78 is 0. The molecule has 1 aromatic rings. The normalized spacial score (nSPS) is 30.6. The Morgan fingerprint density at radius 3 is 2.94 bits per heavy atom. The molecule has 0 radical (unpaired) electrons. The van der Waals surface area contributed by atoms with Crippen molar-refractivity contribution in [1.29, 1.82) is 0 Å². The van der Waals surface area contributed by atoms with E-state index in [1.54, 1.807) is 16.7 Å². The second kappa shape index (κ2) is 3.96. The summed E-state index contributed by atoms with van der Waals surface area (Å²) in [6.45, 7) is 0. The molecule has 3 aliphatic carbocycles. The van der Waals surface area contributed by atoms with E-state index in [1.165, 1.54) is 17.6 Å². The van der Waals surface area contributed by atoms with Crippen molar-refractivity contribution in [2.24, 2.45) is 5.92 Å². The highest BCUT2D eigenvalue weighted by Gasteiger charge is 2.44. The summed E-state index contributed by atoms with van der Waals surface area (Å²) in [6, 6.07) is 9.01. The summed E-state index contributed by atoms with van der Waals surface area (Å²) in [7, 11) is 0. The van der Waals surface area contributed by atoms with Crippen molar-refractivity contribution in [1.82, 2.24) is 0 Å². The highest BCUT2D eigenvalue weighted by molar-refractivity contribution is 9.11. The predicted molar refractivity (Wildman–Crippen MR) is 78.8 cm³/mol. The van der Waals surface area contributed by atoms with Crippen LogP contribution in [0, 0.1) is 5.92 Å². The summed E-state index contributed by atoms with van der Waals surface area (Å²) in [6.07, 6.45) is 8.40. The van der Waals surface area contributed by atoms with Gasteiger partial charge in [0.2, 0.25) is 0 Å². The standard InChI is InChI=1S/C17H15Br/c18-10-11-5-6-15-13(7-11)8-12-3-1-2-4-14(12)16-9-17(15)16/h1-4,6-7,10,16-17H,5,8-9H2. The minimum Gasteiger partial charge on any atom is -0.0763 e. The highest BCUT2D eigenvalue weighted by Crippen LogP contribution is 2.57. The van der Waals surface area contributed by atoms with Gasteiger partial charge in [-0.15, -0.1) is 0 Å². The van der Waals surface area contributed by atoms with Crippen molar-refractivity contribution in [3.8, 4) is 0 Å². The van der Waals surface area contributed by atoms with Crippen LogP contribution in [0.3, 0.4) is 0 Å². The Hall–Kier alpha value is -1.08. The van der Waals surface area contributed by atoms with Gasteiger partial charge in [0, 0.05) is 0 Å². The molecule has 1 saturated carbocycles. The van der Waals surface area contributed by atoms with Crippen LogP contribution in [0.15, 0.2) is 58.1 Å². The van der Waals surface area contributed by atoms with E-state index in [0.717, 1.165) is 24.7 Å². The number of hydrogen-bond donors (Lipinski definition) is 0. The van der Waals surface area contributed by atoms with Crippen molar-refractivity contribution < 1.29 is 0 Å². The van der Waals surface area contributed by atoms with Crippen LogP contribution in [0.1, 0.15) is 29.9 Å². The van der Waals surface area contributed by atoms with Gasteiger partial charge in [-0.3, -0.25) is 0 Å². The number of halogens is 1. The van der Waals surface area contributed by atoms with Crippen LogP contribution >= 0.6 is 15.9 Å². The minimum atomic E-state index is 0.799. The van der Waals surface area contributed by atoms with Crippen LogP contribution in [0.5, 0.6) is 0 Å². The molecule has 2 atom stereocenters. The van der Waals surface area contributed by atoms with Gasteiger partial charge in [0.15, 0.2) is 0 Å². The molecule has 0 aliphatic heterocycles. The van der Waals surface area contributed by atoms with Crippen LogP contribution in [0.2, 0.25) is 0 Å². The maximum atomic E-state index is 3.47. The number of fused-ring (bicyclic) bond motifs is 5. The van der Waals surface area contributed by atoms with E-state index < -0.39 is 0 Å². The van der Waals surface area contributed by atoms with E-state index in [9.17, 15) is 0 Å². The minimum absolute atomic E-state index is 0.799. The molecule has 0 nitrogen and oxygen atoms in total. The van der Waals surface area contributed by atoms with Gasteiger partial charge in [0.25, 0.3) is 0 Å². The molecule has 0 saturated heterocycles. The Balaban J connectivity index is 1.84. The Morgan fingerprint density at radius 1 is 1.17 bits per heavy atom. The summed E-state index contributed by atoms with van der Waals surface area (Å²) in [5.41, 5.74) is 7.71. The van der Waals surface area contributed by atoms with Crippen LogP contribution in [-0.4, -0.2) is 0 Å². The van der Waals surface area contributed by atoms with Gasteiger partial charge in [0.05, 0.1) is 0 Å². The third kappa shape index (κ3) is 1.57. The summed E-state index contributed by atoms with van der Waals surface area (Å²) in [5, 5.41) is 0. The third-order valence-corrected chi connectivity index (χ3v) is 5.04. The molecular weight excluding hydrogens is 284 g/mol. The Labute approximate surface area is 116 Å². The third-order valence-electron chi connectivity index (χ3n) is 4.45. The largest absolute Gasteiger partial charge is 0.0763 e. The maximum Gasteiger partial charge on any atom is -0.00201 e. The molecule has 18 heavy (non-hydrogen) atoms. The van der Waals surface area contributed by atoms with Crippen LogP contribution in [0.25, 0.3) is 0 Å². The molecule has 0 bridgehead atoms. The van der Waals surface area contributed by atoms with Gasteiger partial charge in [-0.2, -0.15) is 0 Å². The monoisotopic (exact) mass is 298 g/mol. The molecule has 0 amide bonds. The first kappa shape index (κ1) is 10.8. The first-order chi connectivity index (χ1) is 8.86. The summed E-state index contributed by atoms with van der Waals surface area (Å²) in [5.74, 6) is 1.60. The van der Waals surface area contributed by atoms with E-state index in [2.05, 4.69) is 57.3 Å². The van der Waals surface area contributed by atoms with E-state index in [4.69, 9.17) is 0 Å². The van der Waals surface area contributed by atoms with E-state index in [1.807, 2.05) is 0 Å². The number of benzene rings is 1. The average Bonchev–Trinajstić information content (AvgIpc) is 3.19. The Morgan fingerprint density at radius 2 is 2.06 bits per heavy atom. The zero-order valence-electron chi connectivity index (χ0n) is 10.2. The lowest BCUT2D eigenvalue weighted by atomic mass is 9.89. The second-order valence-corrected chi connectivity index (χ2v) is 6.00. The molecule has 1 fully saturated rings. The fourth-order valence-electron chi connectivity index (χ4n) is 3.49. The molecule has 90 valence electrons.